The minimum atomic E-state index is 0.186. The van der Waals surface area contributed by atoms with Crippen molar-refractivity contribution in [3.63, 3.8) is 0 Å². The third kappa shape index (κ3) is 3.48. The first kappa shape index (κ1) is 18.8. The lowest BCUT2D eigenvalue weighted by Gasteiger charge is -2.25. The van der Waals surface area contributed by atoms with Crippen molar-refractivity contribution in [1.29, 1.82) is 0 Å². The van der Waals surface area contributed by atoms with Crippen molar-refractivity contribution in [1.82, 2.24) is 14.6 Å². The second kappa shape index (κ2) is 7.56. The van der Waals surface area contributed by atoms with E-state index in [4.69, 9.17) is 4.74 Å². The zero-order chi connectivity index (χ0) is 20.0. The first-order valence-electron chi connectivity index (χ1n) is 10.4. The highest BCUT2D eigenvalue weighted by Crippen LogP contribution is 2.43. The standard InChI is InChI=1S/C23H24BrN3O2/c1-14-21(24)23-25-13-18(22(16-9-10-16)27(23)26-14)19(28)7-4-5-15-11-12-29-20-8-3-2-6-17(15)20/h2-3,6,8,13,15-16H,4-5,7,9-12H2,1H3/t15-/m0/s1. The molecule has 0 unspecified atom stereocenters. The second-order valence-corrected chi connectivity index (χ2v) is 8.95. The van der Waals surface area contributed by atoms with E-state index in [1.165, 1.54) is 5.56 Å². The number of ether oxygens (including phenoxy) is 1. The van der Waals surface area contributed by atoms with Crippen LogP contribution in [0.2, 0.25) is 0 Å². The number of hydrogen-bond donors (Lipinski definition) is 0. The number of aromatic nitrogens is 3. The van der Waals surface area contributed by atoms with Crippen molar-refractivity contribution in [2.45, 2.75) is 57.3 Å². The molecule has 2 aromatic heterocycles. The molecule has 3 aromatic rings. The molecule has 5 rings (SSSR count). The van der Waals surface area contributed by atoms with E-state index in [-0.39, 0.29) is 5.78 Å². The highest BCUT2D eigenvalue weighted by molar-refractivity contribution is 9.10. The molecule has 1 saturated carbocycles. The maximum Gasteiger partial charge on any atom is 0.169 e. The molecule has 5 nitrogen and oxygen atoms in total. The van der Waals surface area contributed by atoms with Crippen molar-refractivity contribution < 1.29 is 9.53 Å². The number of ketones is 1. The number of hydrogen-bond acceptors (Lipinski definition) is 4. The fourth-order valence-corrected chi connectivity index (χ4v) is 4.75. The maximum atomic E-state index is 13.1. The summed E-state index contributed by atoms with van der Waals surface area (Å²) in [4.78, 5) is 17.6. The SMILES string of the molecule is Cc1nn2c(C3CC3)c(C(=O)CCC[C@H]3CCOc4ccccc43)cnc2c1Br. The van der Waals surface area contributed by atoms with Crippen LogP contribution in [0.4, 0.5) is 0 Å². The molecule has 0 radical (unpaired) electrons. The Kier molecular flexibility index (Phi) is 4.90. The molecule has 1 fully saturated rings. The molecule has 29 heavy (non-hydrogen) atoms. The van der Waals surface area contributed by atoms with Gasteiger partial charge < -0.3 is 4.74 Å². The molecule has 1 aromatic carbocycles. The lowest BCUT2D eigenvalue weighted by atomic mass is 9.88. The Balaban J connectivity index is 1.33. The summed E-state index contributed by atoms with van der Waals surface area (Å²) in [7, 11) is 0. The Morgan fingerprint density at radius 2 is 2.10 bits per heavy atom. The third-order valence-corrected chi connectivity index (χ3v) is 7.02. The molecule has 0 spiro atoms. The molecule has 1 atom stereocenters. The summed E-state index contributed by atoms with van der Waals surface area (Å²) in [5.41, 5.74) is 4.79. The Labute approximate surface area is 178 Å². The van der Waals surface area contributed by atoms with Crippen LogP contribution in [0, 0.1) is 6.92 Å². The van der Waals surface area contributed by atoms with E-state index in [0.717, 1.165) is 71.5 Å². The molecule has 150 valence electrons. The number of carbonyl (C=O) groups is 1. The fourth-order valence-electron chi connectivity index (χ4n) is 4.41. The number of rotatable bonds is 6. The monoisotopic (exact) mass is 453 g/mol. The van der Waals surface area contributed by atoms with Gasteiger partial charge in [-0.05, 0) is 72.5 Å². The van der Waals surface area contributed by atoms with E-state index in [9.17, 15) is 4.79 Å². The summed E-state index contributed by atoms with van der Waals surface area (Å²) < 4.78 is 8.56. The molecule has 0 saturated heterocycles. The molecular weight excluding hydrogens is 430 g/mol. The lowest BCUT2D eigenvalue weighted by Crippen LogP contribution is -2.15. The van der Waals surface area contributed by atoms with E-state index >= 15 is 0 Å². The van der Waals surface area contributed by atoms with Crippen LogP contribution in [-0.2, 0) is 0 Å². The van der Waals surface area contributed by atoms with Crippen LogP contribution in [0.3, 0.4) is 0 Å². The average Bonchev–Trinajstić information content (AvgIpc) is 3.53. The Morgan fingerprint density at radius 3 is 2.93 bits per heavy atom. The summed E-state index contributed by atoms with van der Waals surface area (Å²) in [6, 6.07) is 8.28. The number of para-hydroxylation sites is 1. The van der Waals surface area contributed by atoms with Gasteiger partial charge in [0.15, 0.2) is 11.4 Å². The predicted octanol–water partition coefficient (Wildman–Crippen LogP) is 5.60. The van der Waals surface area contributed by atoms with Crippen LogP contribution in [0.15, 0.2) is 34.9 Å². The highest BCUT2D eigenvalue weighted by atomic mass is 79.9. The van der Waals surface area contributed by atoms with Gasteiger partial charge in [0.1, 0.15) is 5.75 Å². The smallest absolute Gasteiger partial charge is 0.169 e. The number of carbonyl (C=O) groups excluding carboxylic acids is 1. The van der Waals surface area contributed by atoms with Gasteiger partial charge in [-0.15, -0.1) is 0 Å². The predicted molar refractivity (Wildman–Crippen MR) is 115 cm³/mol. The summed E-state index contributed by atoms with van der Waals surface area (Å²) in [6.07, 6.45) is 7.46. The Morgan fingerprint density at radius 1 is 1.28 bits per heavy atom. The average molecular weight is 454 g/mol. The van der Waals surface area contributed by atoms with Gasteiger partial charge in [-0.25, -0.2) is 9.50 Å². The topological polar surface area (TPSA) is 56.5 Å². The maximum absolute atomic E-state index is 13.1. The number of Topliss-reactive ketones (excluding diaryl/α,β-unsaturated/α-hetero) is 1. The first-order valence-corrected chi connectivity index (χ1v) is 11.2. The van der Waals surface area contributed by atoms with Crippen molar-refractivity contribution in [3.8, 4) is 5.75 Å². The summed E-state index contributed by atoms with van der Waals surface area (Å²) in [6.45, 7) is 2.72. The molecule has 1 aliphatic heterocycles. The number of fused-ring (bicyclic) bond motifs is 2. The molecule has 3 heterocycles. The summed E-state index contributed by atoms with van der Waals surface area (Å²) in [5.74, 6) is 2.08. The van der Waals surface area contributed by atoms with Gasteiger partial charge in [-0.1, -0.05) is 18.2 Å². The third-order valence-electron chi connectivity index (χ3n) is 6.09. The molecule has 1 aliphatic carbocycles. The van der Waals surface area contributed by atoms with Crippen LogP contribution in [0.5, 0.6) is 5.75 Å². The van der Waals surface area contributed by atoms with E-state index in [0.29, 0.717) is 18.3 Å². The van der Waals surface area contributed by atoms with Gasteiger partial charge in [0, 0.05) is 18.5 Å². The van der Waals surface area contributed by atoms with Crippen LogP contribution in [-0.4, -0.2) is 27.0 Å². The zero-order valence-corrected chi connectivity index (χ0v) is 18.1. The zero-order valence-electron chi connectivity index (χ0n) is 16.5. The van der Waals surface area contributed by atoms with E-state index in [1.807, 2.05) is 23.6 Å². The molecule has 2 aliphatic rings. The van der Waals surface area contributed by atoms with Crippen molar-refractivity contribution >= 4 is 27.4 Å². The lowest BCUT2D eigenvalue weighted by molar-refractivity contribution is 0.0976. The minimum absolute atomic E-state index is 0.186. The quantitative estimate of drug-likeness (QED) is 0.455. The van der Waals surface area contributed by atoms with Crippen molar-refractivity contribution in [2.24, 2.45) is 0 Å². The van der Waals surface area contributed by atoms with Gasteiger partial charge in [0.2, 0.25) is 0 Å². The molecule has 6 heteroatoms. The van der Waals surface area contributed by atoms with E-state index in [1.54, 1.807) is 6.20 Å². The summed E-state index contributed by atoms with van der Waals surface area (Å²) >= 11 is 3.57. The van der Waals surface area contributed by atoms with E-state index in [2.05, 4.69) is 38.1 Å². The number of halogens is 1. The fraction of sp³-hybridized carbons (Fsp3) is 0.435. The van der Waals surface area contributed by atoms with Gasteiger partial charge >= 0.3 is 0 Å². The molecule has 0 amide bonds. The van der Waals surface area contributed by atoms with Gasteiger partial charge in [0.05, 0.1) is 28.0 Å². The van der Waals surface area contributed by atoms with Crippen LogP contribution < -0.4 is 4.74 Å². The van der Waals surface area contributed by atoms with Crippen LogP contribution >= 0.6 is 15.9 Å². The van der Waals surface area contributed by atoms with Gasteiger partial charge in [-0.3, -0.25) is 4.79 Å². The van der Waals surface area contributed by atoms with Crippen LogP contribution in [0.25, 0.3) is 5.65 Å². The molecule has 0 bridgehead atoms. The number of benzene rings is 1. The highest BCUT2D eigenvalue weighted by Gasteiger charge is 2.32. The number of nitrogens with zero attached hydrogens (tertiary/aromatic N) is 3. The molecule has 0 N–H and O–H groups in total. The Bertz CT molecular complexity index is 1090. The minimum Gasteiger partial charge on any atom is -0.493 e. The van der Waals surface area contributed by atoms with Crippen LogP contribution in [0.1, 0.15) is 77.7 Å². The van der Waals surface area contributed by atoms with Crippen molar-refractivity contribution in [3.05, 3.63) is 57.4 Å². The van der Waals surface area contributed by atoms with Gasteiger partial charge in [-0.2, -0.15) is 5.10 Å². The first-order chi connectivity index (χ1) is 14.1. The second-order valence-electron chi connectivity index (χ2n) is 8.15. The largest absolute Gasteiger partial charge is 0.493 e. The van der Waals surface area contributed by atoms with Gasteiger partial charge in [0.25, 0.3) is 0 Å². The summed E-state index contributed by atoms with van der Waals surface area (Å²) in [5, 5.41) is 4.64. The Hall–Kier alpha value is -2.21. The van der Waals surface area contributed by atoms with E-state index < -0.39 is 0 Å². The number of aryl methyl sites for hydroxylation is 1. The van der Waals surface area contributed by atoms with Crippen molar-refractivity contribution in [2.75, 3.05) is 6.61 Å². The molecular formula is C23H24BrN3O2. The normalized spacial score (nSPS) is 18.5.